The average Bonchev–Trinajstić information content (AvgIpc) is 2.95. The molecule has 1 amide bonds. The first-order valence-corrected chi connectivity index (χ1v) is 10.0. The van der Waals surface area contributed by atoms with Gasteiger partial charge in [0.05, 0.1) is 11.6 Å². The smallest absolute Gasteiger partial charge is 0.409 e. The number of primary sulfonamides is 1. The van der Waals surface area contributed by atoms with E-state index in [9.17, 15) is 13.2 Å². The molecule has 26 heavy (non-hydrogen) atoms. The SMILES string of the molecule is CCOC(=O)N1CCC(Nc2nc3cc(Cl)c(S(N)(=O)=O)cc3o2)CC1. The molecule has 11 heteroatoms. The summed E-state index contributed by atoms with van der Waals surface area (Å²) in [7, 11) is -3.95. The number of nitrogens with zero attached hydrogens (tertiary/aromatic N) is 2. The number of nitrogens with two attached hydrogens (primary N) is 1. The Morgan fingerprint density at radius 2 is 2.15 bits per heavy atom. The fourth-order valence-corrected chi connectivity index (χ4v) is 3.89. The third kappa shape index (κ3) is 4.02. The maximum atomic E-state index is 11.7. The van der Waals surface area contributed by atoms with E-state index in [1.165, 1.54) is 12.1 Å². The number of fused-ring (bicyclic) bond motifs is 1. The summed E-state index contributed by atoms with van der Waals surface area (Å²) in [6.45, 7) is 3.26. The van der Waals surface area contributed by atoms with Gasteiger partial charge in [-0.1, -0.05) is 11.6 Å². The number of piperidine rings is 1. The number of benzene rings is 1. The molecule has 3 rings (SSSR count). The molecule has 142 valence electrons. The number of hydrogen-bond acceptors (Lipinski definition) is 7. The first-order valence-electron chi connectivity index (χ1n) is 8.09. The molecule has 0 atom stereocenters. The zero-order valence-electron chi connectivity index (χ0n) is 14.1. The van der Waals surface area contributed by atoms with Crippen molar-refractivity contribution in [3.05, 3.63) is 17.2 Å². The molecule has 0 radical (unpaired) electrons. The highest BCUT2D eigenvalue weighted by Crippen LogP contribution is 2.29. The number of hydrogen-bond donors (Lipinski definition) is 2. The number of anilines is 1. The topological polar surface area (TPSA) is 128 Å². The van der Waals surface area contributed by atoms with Crippen LogP contribution in [0.3, 0.4) is 0 Å². The van der Waals surface area contributed by atoms with Crippen LogP contribution in [-0.2, 0) is 14.8 Å². The van der Waals surface area contributed by atoms with E-state index >= 15 is 0 Å². The lowest BCUT2D eigenvalue weighted by atomic mass is 10.1. The Morgan fingerprint density at radius 3 is 2.77 bits per heavy atom. The minimum absolute atomic E-state index is 0.0115. The van der Waals surface area contributed by atoms with Gasteiger partial charge in [-0.2, -0.15) is 4.98 Å². The van der Waals surface area contributed by atoms with Gasteiger partial charge in [0.1, 0.15) is 10.4 Å². The molecule has 9 nitrogen and oxygen atoms in total. The summed E-state index contributed by atoms with van der Waals surface area (Å²) in [6.07, 6.45) is 1.11. The van der Waals surface area contributed by atoms with Crippen LogP contribution in [0.5, 0.6) is 0 Å². The minimum Gasteiger partial charge on any atom is -0.450 e. The van der Waals surface area contributed by atoms with E-state index in [0.717, 1.165) is 0 Å². The van der Waals surface area contributed by atoms with Gasteiger partial charge in [-0.05, 0) is 25.8 Å². The van der Waals surface area contributed by atoms with Crippen LogP contribution in [0.25, 0.3) is 11.1 Å². The van der Waals surface area contributed by atoms with Crippen molar-refractivity contribution in [2.75, 3.05) is 25.0 Å². The van der Waals surface area contributed by atoms with E-state index in [4.69, 9.17) is 25.9 Å². The molecule has 0 aliphatic carbocycles. The predicted octanol–water partition coefficient (Wildman–Crippen LogP) is 2.16. The van der Waals surface area contributed by atoms with Crippen molar-refractivity contribution in [3.8, 4) is 0 Å². The summed E-state index contributed by atoms with van der Waals surface area (Å²) in [6, 6.07) is 2.99. The molecular weight excluding hydrogens is 384 g/mol. The number of rotatable bonds is 4. The highest BCUT2D eigenvalue weighted by atomic mass is 35.5. The van der Waals surface area contributed by atoms with E-state index < -0.39 is 10.0 Å². The van der Waals surface area contributed by atoms with Crippen LogP contribution in [0.1, 0.15) is 19.8 Å². The standard InChI is InChI=1S/C15H19ClN4O5S/c1-2-24-15(21)20-5-3-9(4-6-20)18-14-19-11-7-10(16)13(26(17,22)23)8-12(11)25-14/h7-9H,2-6H2,1H3,(H,18,19)(H2,17,22,23). The van der Waals surface area contributed by atoms with Gasteiger partial charge in [0.25, 0.3) is 6.01 Å². The molecule has 0 bridgehead atoms. The molecule has 0 spiro atoms. The molecule has 2 heterocycles. The number of oxazole rings is 1. The Bertz CT molecular complexity index is 922. The second-order valence-electron chi connectivity index (χ2n) is 5.92. The van der Waals surface area contributed by atoms with Crippen LogP contribution in [0, 0.1) is 0 Å². The number of carbonyl (C=O) groups is 1. The molecule has 1 aromatic carbocycles. The molecule has 0 saturated carbocycles. The number of ether oxygens (including phenoxy) is 1. The molecule has 1 fully saturated rings. The van der Waals surface area contributed by atoms with Crippen LogP contribution < -0.4 is 10.5 Å². The zero-order chi connectivity index (χ0) is 18.9. The summed E-state index contributed by atoms with van der Waals surface area (Å²) in [5.41, 5.74) is 0.693. The van der Waals surface area contributed by atoms with Gasteiger partial charge in [0.15, 0.2) is 5.58 Å². The fourth-order valence-electron chi connectivity index (χ4n) is 2.81. The fraction of sp³-hybridized carbons (Fsp3) is 0.467. The maximum Gasteiger partial charge on any atom is 0.409 e. The van der Waals surface area contributed by atoms with E-state index in [-0.39, 0.29) is 33.7 Å². The molecule has 1 aliphatic heterocycles. The van der Waals surface area contributed by atoms with Gasteiger partial charge in [-0.15, -0.1) is 0 Å². The average molecular weight is 403 g/mol. The molecule has 2 aromatic rings. The van der Waals surface area contributed by atoms with Crippen molar-refractivity contribution in [1.82, 2.24) is 9.88 Å². The van der Waals surface area contributed by atoms with Crippen molar-refractivity contribution >= 4 is 44.8 Å². The molecule has 3 N–H and O–H groups in total. The summed E-state index contributed by atoms with van der Waals surface area (Å²) in [4.78, 5) is 17.4. The highest BCUT2D eigenvalue weighted by molar-refractivity contribution is 7.89. The third-order valence-electron chi connectivity index (χ3n) is 4.10. The Hall–Kier alpha value is -2.04. The molecule has 1 saturated heterocycles. The van der Waals surface area contributed by atoms with Crippen molar-refractivity contribution < 1.29 is 22.4 Å². The second kappa shape index (κ2) is 7.29. The Labute approximate surface area is 155 Å². The Morgan fingerprint density at radius 1 is 1.46 bits per heavy atom. The number of sulfonamides is 1. The van der Waals surface area contributed by atoms with Gasteiger partial charge >= 0.3 is 6.09 Å². The van der Waals surface area contributed by atoms with Gasteiger partial charge in [-0.25, -0.2) is 18.4 Å². The Kier molecular flexibility index (Phi) is 5.26. The van der Waals surface area contributed by atoms with Gasteiger partial charge in [-0.3, -0.25) is 0 Å². The van der Waals surface area contributed by atoms with Crippen LogP contribution in [0.4, 0.5) is 10.8 Å². The quantitative estimate of drug-likeness (QED) is 0.801. The normalized spacial score (nSPS) is 16.0. The number of halogens is 1. The highest BCUT2D eigenvalue weighted by Gasteiger charge is 2.25. The van der Waals surface area contributed by atoms with Crippen molar-refractivity contribution in [2.24, 2.45) is 5.14 Å². The lowest BCUT2D eigenvalue weighted by molar-refractivity contribution is 0.0982. The van der Waals surface area contributed by atoms with Crippen molar-refractivity contribution in [3.63, 3.8) is 0 Å². The van der Waals surface area contributed by atoms with Gasteiger partial charge < -0.3 is 19.4 Å². The summed E-state index contributed by atoms with van der Waals surface area (Å²) < 4.78 is 33.6. The van der Waals surface area contributed by atoms with Gasteiger partial charge in [0, 0.05) is 25.2 Å². The van der Waals surface area contributed by atoms with Crippen molar-refractivity contribution in [2.45, 2.75) is 30.7 Å². The number of carbonyl (C=O) groups excluding carboxylic acids is 1. The maximum absolute atomic E-state index is 11.7. The molecule has 0 unspecified atom stereocenters. The summed E-state index contributed by atoms with van der Waals surface area (Å²) >= 11 is 5.95. The van der Waals surface area contributed by atoms with Crippen LogP contribution in [-0.4, -0.2) is 50.1 Å². The summed E-state index contributed by atoms with van der Waals surface area (Å²) in [5.74, 6) is 0. The molecular formula is C15H19ClN4O5S. The Balaban J connectivity index is 1.70. The monoisotopic (exact) mass is 402 g/mol. The van der Waals surface area contributed by atoms with Crippen LogP contribution >= 0.6 is 11.6 Å². The van der Waals surface area contributed by atoms with E-state index in [1.807, 2.05) is 0 Å². The van der Waals surface area contributed by atoms with Crippen molar-refractivity contribution in [1.29, 1.82) is 0 Å². The first-order chi connectivity index (χ1) is 12.3. The third-order valence-corrected chi connectivity index (χ3v) is 5.47. The largest absolute Gasteiger partial charge is 0.450 e. The molecule has 1 aliphatic rings. The van der Waals surface area contributed by atoms with Crippen LogP contribution in [0.15, 0.2) is 21.4 Å². The number of aromatic nitrogens is 1. The predicted molar refractivity (Wildman–Crippen MR) is 95.6 cm³/mol. The number of amides is 1. The number of likely N-dealkylation sites (tertiary alicyclic amines) is 1. The van der Waals surface area contributed by atoms with E-state index in [1.54, 1.807) is 11.8 Å². The summed E-state index contributed by atoms with van der Waals surface area (Å²) in [5, 5.41) is 8.28. The van der Waals surface area contributed by atoms with Crippen LogP contribution in [0.2, 0.25) is 5.02 Å². The molecule has 1 aromatic heterocycles. The second-order valence-corrected chi connectivity index (χ2v) is 7.86. The lowest BCUT2D eigenvalue weighted by Crippen LogP contribution is -2.42. The first kappa shape index (κ1) is 18.7. The lowest BCUT2D eigenvalue weighted by Gasteiger charge is -2.31. The number of nitrogens with one attached hydrogen (secondary N) is 1. The van der Waals surface area contributed by atoms with Gasteiger partial charge in [0.2, 0.25) is 10.0 Å². The van der Waals surface area contributed by atoms with E-state index in [2.05, 4.69) is 10.3 Å². The zero-order valence-corrected chi connectivity index (χ0v) is 15.6. The minimum atomic E-state index is -3.95. The van der Waals surface area contributed by atoms with E-state index in [0.29, 0.717) is 38.1 Å².